The first-order valence-electron chi connectivity index (χ1n) is 7.66. The minimum Gasteiger partial charge on any atom is -0.334 e. The van der Waals surface area contributed by atoms with Crippen LogP contribution >= 0.6 is 0 Å². The minimum atomic E-state index is -3.07. The second kappa shape index (κ2) is 7.97. The summed E-state index contributed by atoms with van der Waals surface area (Å²) in [6, 6.07) is 5.50. The molecule has 4 N–H and O–H groups in total. The van der Waals surface area contributed by atoms with Gasteiger partial charge in [-0.05, 0) is 30.7 Å². The molecule has 1 fully saturated rings. The van der Waals surface area contributed by atoms with Crippen LogP contribution in [-0.4, -0.2) is 50.4 Å². The highest BCUT2D eigenvalue weighted by Crippen LogP contribution is 2.13. The molecule has 1 aromatic carbocycles. The molecule has 10 heteroatoms. The van der Waals surface area contributed by atoms with Crippen LogP contribution in [0.15, 0.2) is 24.3 Å². The molecule has 0 radical (unpaired) electrons. The van der Waals surface area contributed by atoms with Crippen LogP contribution in [0, 0.1) is 0 Å². The molecule has 1 aromatic rings. The number of carbonyl (C=O) groups excluding carboxylic acids is 3. The van der Waals surface area contributed by atoms with Crippen molar-refractivity contribution in [3.63, 3.8) is 0 Å². The van der Waals surface area contributed by atoms with Crippen LogP contribution in [0.3, 0.4) is 0 Å². The van der Waals surface area contributed by atoms with Gasteiger partial charge in [-0.25, -0.2) is 13.2 Å². The van der Waals surface area contributed by atoms with Gasteiger partial charge in [-0.1, -0.05) is 0 Å². The van der Waals surface area contributed by atoms with E-state index >= 15 is 0 Å². The molecule has 2 rings (SSSR count). The van der Waals surface area contributed by atoms with E-state index in [1.54, 1.807) is 24.3 Å². The molecule has 1 aliphatic heterocycles. The summed E-state index contributed by atoms with van der Waals surface area (Å²) in [5.74, 6) is -0.635. The Morgan fingerprint density at radius 3 is 2.20 bits per heavy atom. The number of hydrogen-bond acceptors (Lipinski definition) is 5. The molecular weight excluding hydrogens is 348 g/mol. The maximum atomic E-state index is 11.8. The first-order chi connectivity index (χ1) is 11.7. The van der Waals surface area contributed by atoms with Crippen molar-refractivity contribution in [2.45, 2.75) is 19.4 Å². The zero-order valence-corrected chi connectivity index (χ0v) is 14.5. The summed E-state index contributed by atoms with van der Waals surface area (Å²) >= 11 is 0. The van der Waals surface area contributed by atoms with Crippen LogP contribution in [0.2, 0.25) is 0 Å². The van der Waals surface area contributed by atoms with Crippen molar-refractivity contribution in [1.82, 2.24) is 10.6 Å². The van der Waals surface area contributed by atoms with E-state index in [1.807, 2.05) is 0 Å². The van der Waals surface area contributed by atoms with Gasteiger partial charge in [0.15, 0.2) is 9.84 Å². The minimum absolute atomic E-state index is 0.0624. The third-order valence-corrected chi connectivity index (χ3v) is 5.23. The van der Waals surface area contributed by atoms with Crippen molar-refractivity contribution in [1.29, 1.82) is 0 Å². The number of amides is 4. The van der Waals surface area contributed by atoms with Crippen LogP contribution in [0.1, 0.15) is 13.3 Å². The van der Waals surface area contributed by atoms with Crippen LogP contribution in [0.5, 0.6) is 0 Å². The van der Waals surface area contributed by atoms with E-state index in [9.17, 15) is 22.8 Å². The van der Waals surface area contributed by atoms with Gasteiger partial charge < -0.3 is 21.3 Å². The Balaban J connectivity index is 1.73. The van der Waals surface area contributed by atoms with Crippen molar-refractivity contribution < 1.29 is 22.8 Å². The normalized spacial score (nSPS) is 18.2. The molecule has 1 atom stereocenters. The largest absolute Gasteiger partial charge is 0.334 e. The third-order valence-electron chi connectivity index (χ3n) is 3.47. The number of hydrogen-bond donors (Lipinski definition) is 4. The van der Waals surface area contributed by atoms with Gasteiger partial charge in [0.1, 0.15) is 0 Å². The van der Waals surface area contributed by atoms with E-state index in [4.69, 9.17) is 0 Å². The van der Waals surface area contributed by atoms with Gasteiger partial charge in [0.25, 0.3) is 0 Å². The summed E-state index contributed by atoms with van der Waals surface area (Å²) in [4.78, 5) is 34.4. The molecule has 1 heterocycles. The number of rotatable bonds is 5. The summed E-state index contributed by atoms with van der Waals surface area (Å²) < 4.78 is 22.6. The Labute approximate surface area is 145 Å². The molecule has 1 saturated heterocycles. The molecule has 4 amide bonds. The SMILES string of the molecule is CC(=O)Nc1ccc(NC(=O)CNC(=O)NC2CCS(=O)(=O)C2)cc1. The van der Waals surface area contributed by atoms with Crippen LogP contribution in [0.4, 0.5) is 16.2 Å². The first kappa shape index (κ1) is 18.7. The zero-order valence-electron chi connectivity index (χ0n) is 13.7. The fourth-order valence-corrected chi connectivity index (χ4v) is 4.02. The van der Waals surface area contributed by atoms with E-state index in [1.165, 1.54) is 6.92 Å². The standard InChI is InChI=1S/C15H20N4O5S/c1-10(20)17-11-2-4-12(5-3-11)18-14(21)8-16-15(22)19-13-6-7-25(23,24)9-13/h2-5,13H,6-9H2,1H3,(H,17,20)(H,18,21)(H2,16,19,22). The molecular formula is C15H20N4O5S. The average molecular weight is 368 g/mol. The summed E-state index contributed by atoms with van der Waals surface area (Å²) in [7, 11) is -3.07. The van der Waals surface area contributed by atoms with Gasteiger partial charge in [0, 0.05) is 24.3 Å². The Morgan fingerprint density at radius 2 is 1.68 bits per heavy atom. The first-order valence-corrected chi connectivity index (χ1v) is 9.48. The van der Waals surface area contributed by atoms with Crippen molar-refractivity contribution in [3.05, 3.63) is 24.3 Å². The second-order valence-electron chi connectivity index (χ2n) is 5.73. The van der Waals surface area contributed by atoms with E-state index in [-0.39, 0.29) is 24.0 Å². The van der Waals surface area contributed by atoms with Gasteiger partial charge in [-0.2, -0.15) is 0 Å². The highest BCUT2D eigenvalue weighted by atomic mass is 32.2. The molecule has 136 valence electrons. The predicted molar refractivity (Wildman–Crippen MR) is 93.0 cm³/mol. The van der Waals surface area contributed by atoms with Crippen LogP contribution in [0.25, 0.3) is 0 Å². The van der Waals surface area contributed by atoms with Crippen molar-refractivity contribution >= 4 is 39.1 Å². The Hall–Kier alpha value is -2.62. The summed E-state index contributed by atoms with van der Waals surface area (Å²) in [6.45, 7) is 1.14. The van der Waals surface area contributed by atoms with E-state index < -0.39 is 27.8 Å². The zero-order chi connectivity index (χ0) is 18.4. The number of sulfone groups is 1. The van der Waals surface area contributed by atoms with Gasteiger partial charge >= 0.3 is 6.03 Å². The Kier molecular flexibility index (Phi) is 5.97. The van der Waals surface area contributed by atoms with E-state index in [0.717, 1.165) is 0 Å². The highest BCUT2D eigenvalue weighted by Gasteiger charge is 2.28. The fraction of sp³-hybridized carbons (Fsp3) is 0.400. The number of carbonyl (C=O) groups is 3. The molecule has 0 spiro atoms. The molecule has 0 bridgehead atoms. The topological polar surface area (TPSA) is 133 Å². The molecule has 25 heavy (non-hydrogen) atoms. The Morgan fingerprint density at radius 1 is 1.08 bits per heavy atom. The lowest BCUT2D eigenvalue weighted by atomic mass is 10.2. The summed E-state index contributed by atoms with van der Waals surface area (Å²) in [5, 5.41) is 10.1. The van der Waals surface area contributed by atoms with Gasteiger partial charge in [0.05, 0.1) is 18.1 Å². The van der Waals surface area contributed by atoms with Gasteiger partial charge in [-0.15, -0.1) is 0 Å². The van der Waals surface area contributed by atoms with E-state index in [2.05, 4.69) is 21.3 Å². The molecule has 1 unspecified atom stereocenters. The van der Waals surface area contributed by atoms with Gasteiger partial charge in [0.2, 0.25) is 11.8 Å². The van der Waals surface area contributed by atoms with Crippen LogP contribution < -0.4 is 21.3 Å². The van der Waals surface area contributed by atoms with Crippen LogP contribution in [-0.2, 0) is 19.4 Å². The lowest BCUT2D eigenvalue weighted by molar-refractivity contribution is -0.115. The molecule has 0 aromatic heterocycles. The molecule has 0 saturated carbocycles. The Bertz CT molecular complexity index is 761. The summed E-state index contributed by atoms with van der Waals surface area (Å²) in [5.41, 5.74) is 1.12. The van der Waals surface area contributed by atoms with Gasteiger partial charge in [-0.3, -0.25) is 9.59 Å². The lowest BCUT2D eigenvalue weighted by Crippen LogP contribution is -2.45. The number of nitrogens with one attached hydrogen (secondary N) is 4. The highest BCUT2D eigenvalue weighted by molar-refractivity contribution is 7.91. The fourth-order valence-electron chi connectivity index (χ4n) is 2.35. The maximum Gasteiger partial charge on any atom is 0.315 e. The van der Waals surface area contributed by atoms with Crippen molar-refractivity contribution in [2.24, 2.45) is 0 Å². The molecule has 9 nitrogen and oxygen atoms in total. The number of benzene rings is 1. The predicted octanol–water partition coefficient (Wildman–Crippen LogP) is 0.0698. The van der Waals surface area contributed by atoms with E-state index in [0.29, 0.717) is 17.8 Å². The lowest BCUT2D eigenvalue weighted by Gasteiger charge is -2.12. The number of urea groups is 1. The maximum absolute atomic E-state index is 11.8. The second-order valence-corrected chi connectivity index (χ2v) is 7.96. The third kappa shape index (κ3) is 6.42. The van der Waals surface area contributed by atoms with Crippen molar-refractivity contribution in [2.75, 3.05) is 28.7 Å². The monoisotopic (exact) mass is 368 g/mol. The van der Waals surface area contributed by atoms with Crippen molar-refractivity contribution in [3.8, 4) is 0 Å². The summed E-state index contributed by atoms with van der Waals surface area (Å²) in [6.07, 6.45) is 0.378. The molecule has 1 aliphatic rings. The quantitative estimate of drug-likeness (QED) is 0.584. The average Bonchev–Trinajstić information content (AvgIpc) is 2.85. The molecule has 0 aliphatic carbocycles. The number of anilines is 2. The smallest absolute Gasteiger partial charge is 0.315 e.